The molecule has 2 aromatic rings. The summed E-state index contributed by atoms with van der Waals surface area (Å²) in [6.07, 6.45) is 0. The maximum Gasteiger partial charge on any atom is 0.253 e. The number of ether oxygens (including phenoxy) is 1. The summed E-state index contributed by atoms with van der Waals surface area (Å²) in [7, 11) is -1.03. The Morgan fingerprint density at radius 3 is 2.43 bits per heavy atom. The van der Waals surface area contributed by atoms with Gasteiger partial charge in [0, 0.05) is 32.2 Å². The minimum atomic E-state index is -3.91. The van der Waals surface area contributed by atoms with Crippen molar-refractivity contribution in [2.24, 2.45) is 5.92 Å². The average molecular weight is 430 g/mol. The second kappa shape index (κ2) is 10.2. The van der Waals surface area contributed by atoms with Crippen LogP contribution in [0.3, 0.4) is 0 Å². The van der Waals surface area contributed by atoms with E-state index in [1.165, 1.54) is 41.6 Å². The number of methoxy groups -OCH3 is 1. The Balaban J connectivity index is 2.39. The van der Waals surface area contributed by atoms with Crippen LogP contribution in [-0.2, 0) is 16.6 Å². The molecule has 2 rings (SSSR count). The Hall–Kier alpha value is -2.89. The summed E-state index contributed by atoms with van der Waals surface area (Å²) in [5, 5.41) is 9.04. The molecule has 0 N–H and O–H groups in total. The molecular formula is C22H27N3O4S. The van der Waals surface area contributed by atoms with Crippen LogP contribution in [0.2, 0.25) is 0 Å². The van der Waals surface area contributed by atoms with E-state index >= 15 is 0 Å². The van der Waals surface area contributed by atoms with Gasteiger partial charge in [-0.15, -0.1) is 0 Å². The smallest absolute Gasteiger partial charge is 0.253 e. The predicted molar refractivity (Wildman–Crippen MR) is 114 cm³/mol. The summed E-state index contributed by atoms with van der Waals surface area (Å²) >= 11 is 0. The van der Waals surface area contributed by atoms with Crippen molar-refractivity contribution < 1.29 is 17.9 Å². The van der Waals surface area contributed by atoms with Gasteiger partial charge in [-0.3, -0.25) is 4.79 Å². The van der Waals surface area contributed by atoms with Gasteiger partial charge in [-0.05, 0) is 37.6 Å². The number of nitrogens with zero attached hydrogens (tertiary/aromatic N) is 3. The summed E-state index contributed by atoms with van der Waals surface area (Å²) in [6, 6.07) is 15.7. The number of sulfonamides is 1. The van der Waals surface area contributed by atoms with E-state index in [1.807, 2.05) is 37.3 Å². The van der Waals surface area contributed by atoms with Crippen LogP contribution in [0.4, 0.5) is 0 Å². The van der Waals surface area contributed by atoms with Crippen LogP contribution in [0.1, 0.15) is 29.8 Å². The highest BCUT2D eigenvalue weighted by Gasteiger charge is 2.27. The minimum absolute atomic E-state index is 0.0707. The first-order valence-electron chi connectivity index (χ1n) is 9.61. The lowest BCUT2D eigenvalue weighted by Gasteiger charge is -2.23. The van der Waals surface area contributed by atoms with Gasteiger partial charge >= 0.3 is 0 Å². The van der Waals surface area contributed by atoms with E-state index in [0.717, 1.165) is 5.56 Å². The summed E-state index contributed by atoms with van der Waals surface area (Å²) in [5.41, 5.74) is 1.08. The quantitative estimate of drug-likeness (QED) is 0.611. The summed E-state index contributed by atoms with van der Waals surface area (Å²) in [6.45, 7) is 4.42. The topological polar surface area (TPSA) is 90.7 Å². The van der Waals surface area contributed by atoms with Crippen molar-refractivity contribution in [1.29, 1.82) is 5.26 Å². The molecule has 1 atom stereocenters. The molecule has 0 aliphatic heterocycles. The highest BCUT2D eigenvalue weighted by molar-refractivity contribution is 7.89. The lowest BCUT2D eigenvalue weighted by atomic mass is 10.1. The van der Waals surface area contributed by atoms with Gasteiger partial charge in [0.05, 0.1) is 19.1 Å². The lowest BCUT2D eigenvalue weighted by molar-refractivity contribution is 0.0752. The molecule has 0 saturated heterocycles. The molecule has 7 nitrogen and oxygen atoms in total. The zero-order chi connectivity index (χ0) is 22.3. The summed E-state index contributed by atoms with van der Waals surface area (Å²) in [5.74, 6) is -0.489. The van der Waals surface area contributed by atoms with Crippen LogP contribution in [0, 0.1) is 17.2 Å². The van der Waals surface area contributed by atoms with Crippen LogP contribution in [0.15, 0.2) is 53.4 Å². The van der Waals surface area contributed by atoms with Gasteiger partial charge < -0.3 is 9.64 Å². The normalized spacial score (nSPS) is 12.3. The third-order valence-corrected chi connectivity index (χ3v) is 6.56. The van der Waals surface area contributed by atoms with E-state index < -0.39 is 10.0 Å². The van der Waals surface area contributed by atoms with Gasteiger partial charge in [0.25, 0.3) is 5.91 Å². The number of hydrogen-bond acceptors (Lipinski definition) is 5. The zero-order valence-corrected chi connectivity index (χ0v) is 18.5. The maximum atomic E-state index is 13.2. The van der Waals surface area contributed by atoms with E-state index in [9.17, 15) is 13.2 Å². The fraction of sp³-hybridized carbons (Fsp3) is 0.364. The minimum Gasteiger partial charge on any atom is -0.495 e. The molecule has 0 aliphatic rings. The molecule has 0 radical (unpaired) electrons. The molecule has 1 unspecified atom stereocenters. The van der Waals surface area contributed by atoms with Gasteiger partial charge in [0.1, 0.15) is 10.6 Å². The number of carbonyl (C=O) groups is 1. The summed E-state index contributed by atoms with van der Waals surface area (Å²) < 4.78 is 33.0. The van der Waals surface area contributed by atoms with E-state index in [4.69, 9.17) is 10.00 Å². The average Bonchev–Trinajstić information content (AvgIpc) is 2.76. The molecule has 8 heteroatoms. The van der Waals surface area contributed by atoms with Crippen LogP contribution in [0.25, 0.3) is 0 Å². The van der Waals surface area contributed by atoms with Gasteiger partial charge in [-0.1, -0.05) is 30.3 Å². The van der Waals surface area contributed by atoms with Crippen LogP contribution >= 0.6 is 0 Å². The molecule has 0 saturated carbocycles. The number of carbonyl (C=O) groups excluding carboxylic acids is 1. The third-order valence-electron chi connectivity index (χ3n) is 4.73. The Labute approximate surface area is 178 Å². The van der Waals surface area contributed by atoms with Crippen LogP contribution in [-0.4, -0.2) is 50.8 Å². The van der Waals surface area contributed by atoms with Gasteiger partial charge in [0.15, 0.2) is 0 Å². The number of rotatable bonds is 9. The lowest BCUT2D eigenvalue weighted by Crippen LogP contribution is -2.34. The molecule has 0 aliphatic carbocycles. The Bertz CT molecular complexity index is 1020. The van der Waals surface area contributed by atoms with E-state index in [0.29, 0.717) is 6.54 Å². The first-order chi connectivity index (χ1) is 14.2. The fourth-order valence-corrected chi connectivity index (χ4v) is 4.35. The van der Waals surface area contributed by atoms with Crippen molar-refractivity contribution in [2.45, 2.75) is 25.3 Å². The molecule has 0 spiro atoms. The first kappa shape index (κ1) is 23.4. The molecular weight excluding hydrogens is 402 g/mol. The number of benzene rings is 2. The largest absolute Gasteiger partial charge is 0.495 e. The number of amides is 1. The molecule has 30 heavy (non-hydrogen) atoms. The van der Waals surface area contributed by atoms with Crippen molar-refractivity contribution in [3.63, 3.8) is 0 Å². The second-order valence-corrected chi connectivity index (χ2v) is 9.00. The summed E-state index contributed by atoms with van der Waals surface area (Å²) in [4.78, 5) is 14.4. The van der Waals surface area contributed by atoms with E-state index in [1.54, 1.807) is 6.92 Å². The Morgan fingerprint density at radius 2 is 1.87 bits per heavy atom. The van der Waals surface area contributed by atoms with Crippen molar-refractivity contribution in [3.05, 3.63) is 59.7 Å². The van der Waals surface area contributed by atoms with Crippen LogP contribution in [0.5, 0.6) is 5.75 Å². The monoisotopic (exact) mass is 429 g/mol. The maximum absolute atomic E-state index is 13.2. The van der Waals surface area contributed by atoms with Crippen molar-refractivity contribution in [3.8, 4) is 11.8 Å². The van der Waals surface area contributed by atoms with Crippen molar-refractivity contribution >= 4 is 15.9 Å². The standard InChI is InChI=1S/C22H27N3O4S/c1-5-25(15-17(2)14-23)22(26)19-11-12-20(29-4)21(13-19)30(27,28)24(3)16-18-9-7-6-8-10-18/h6-13,17H,5,15-16H2,1-4H3. The highest BCUT2D eigenvalue weighted by Crippen LogP contribution is 2.28. The first-order valence-corrected chi connectivity index (χ1v) is 11.1. The molecule has 0 aromatic heterocycles. The van der Waals surface area contributed by atoms with E-state index in [-0.39, 0.29) is 41.1 Å². The van der Waals surface area contributed by atoms with Crippen molar-refractivity contribution in [1.82, 2.24) is 9.21 Å². The molecule has 160 valence electrons. The molecule has 0 bridgehead atoms. The predicted octanol–water partition coefficient (Wildman–Crippen LogP) is 3.14. The zero-order valence-electron chi connectivity index (χ0n) is 17.7. The van der Waals surface area contributed by atoms with Gasteiger partial charge in [-0.2, -0.15) is 9.57 Å². The van der Waals surface area contributed by atoms with E-state index in [2.05, 4.69) is 6.07 Å². The van der Waals surface area contributed by atoms with Crippen molar-refractivity contribution in [2.75, 3.05) is 27.2 Å². The van der Waals surface area contributed by atoms with Crippen LogP contribution < -0.4 is 4.74 Å². The Kier molecular flexibility index (Phi) is 7.98. The molecule has 2 aromatic carbocycles. The fourth-order valence-electron chi connectivity index (χ4n) is 3.01. The Morgan fingerprint density at radius 1 is 1.20 bits per heavy atom. The molecule has 1 amide bonds. The molecule has 0 heterocycles. The highest BCUT2D eigenvalue weighted by atomic mass is 32.2. The number of nitriles is 1. The van der Waals surface area contributed by atoms with Gasteiger partial charge in [0.2, 0.25) is 10.0 Å². The number of hydrogen-bond donors (Lipinski definition) is 0. The van der Waals surface area contributed by atoms with Gasteiger partial charge in [-0.25, -0.2) is 8.42 Å². The molecule has 0 fully saturated rings. The second-order valence-electron chi connectivity index (χ2n) is 6.99. The SMILES string of the molecule is CCN(CC(C)C#N)C(=O)c1ccc(OC)c(S(=O)(=O)N(C)Cc2ccccc2)c1. The third kappa shape index (κ3) is 5.38.